The van der Waals surface area contributed by atoms with Crippen LogP contribution in [0.5, 0.6) is 0 Å². The Labute approximate surface area is 121 Å². The SMILES string of the molecule is O=c1c(-c2nnn[nH]2)cnc2scc(-c3ccccc3)n12. The molecule has 0 radical (unpaired) electrons. The lowest BCUT2D eigenvalue weighted by Gasteiger charge is -2.02. The van der Waals surface area contributed by atoms with Gasteiger partial charge in [0.2, 0.25) is 0 Å². The van der Waals surface area contributed by atoms with E-state index in [1.807, 2.05) is 35.7 Å². The first-order valence-corrected chi connectivity index (χ1v) is 7.01. The maximum absolute atomic E-state index is 12.7. The third-order valence-corrected chi connectivity index (χ3v) is 3.96. The number of hydrogen-bond donors (Lipinski definition) is 1. The van der Waals surface area contributed by atoms with E-state index in [0.717, 1.165) is 11.3 Å². The molecule has 0 bridgehead atoms. The van der Waals surface area contributed by atoms with Crippen molar-refractivity contribution in [2.45, 2.75) is 0 Å². The first-order valence-electron chi connectivity index (χ1n) is 6.13. The van der Waals surface area contributed by atoms with Crippen molar-refractivity contribution in [3.63, 3.8) is 0 Å². The van der Waals surface area contributed by atoms with E-state index in [0.29, 0.717) is 16.3 Å². The highest BCUT2D eigenvalue weighted by Gasteiger charge is 2.14. The molecule has 0 atom stereocenters. The number of nitrogens with zero attached hydrogens (tertiary/aromatic N) is 5. The van der Waals surface area contributed by atoms with Gasteiger partial charge in [-0.05, 0) is 16.0 Å². The molecule has 3 aromatic heterocycles. The van der Waals surface area contributed by atoms with Crippen molar-refractivity contribution in [2.75, 3.05) is 0 Å². The molecule has 4 rings (SSSR count). The molecule has 1 N–H and O–H groups in total. The predicted octanol–water partition coefficient (Wildman–Crippen LogP) is 1.60. The monoisotopic (exact) mass is 296 g/mol. The van der Waals surface area contributed by atoms with Crippen LogP contribution in [-0.2, 0) is 0 Å². The van der Waals surface area contributed by atoms with Gasteiger partial charge in [0.25, 0.3) is 5.56 Å². The Hall–Kier alpha value is -2.87. The molecule has 0 aliphatic carbocycles. The number of nitrogens with one attached hydrogen (secondary N) is 1. The lowest BCUT2D eigenvalue weighted by Crippen LogP contribution is -2.16. The lowest BCUT2D eigenvalue weighted by atomic mass is 10.2. The number of H-pyrrole nitrogens is 1. The van der Waals surface area contributed by atoms with Gasteiger partial charge in [-0.25, -0.2) is 10.1 Å². The van der Waals surface area contributed by atoms with E-state index >= 15 is 0 Å². The quantitative estimate of drug-likeness (QED) is 0.607. The summed E-state index contributed by atoms with van der Waals surface area (Å²) in [6.07, 6.45) is 1.49. The Morgan fingerprint density at radius 3 is 2.81 bits per heavy atom. The average molecular weight is 296 g/mol. The first kappa shape index (κ1) is 11.9. The van der Waals surface area contributed by atoms with Gasteiger partial charge in [0.1, 0.15) is 5.56 Å². The largest absolute Gasteiger partial charge is 0.270 e. The van der Waals surface area contributed by atoms with Gasteiger partial charge in [0.05, 0.1) is 5.69 Å². The summed E-state index contributed by atoms with van der Waals surface area (Å²) in [7, 11) is 0. The number of tetrazole rings is 1. The van der Waals surface area contributed by atoms with Crippen LogP contribution in [0.25, 0.3) is 27.6 Å². The van der Waals surface area contributed by atoms with Gasteiger partial charge in [-0.2, -0.15) is 0 Å². The van der Waals surface area contributed by atoms with Crippen molar-refractivity contribution < 1.29 is 0 Å². The van der Waals surface area contributed by atoms with E-state index < -0.39 is 0 Å². The van der Waals surface area contributed by atoms with Gasteiger partial charge in [0, 0.05) is 11.6 Å². The summed E-state index contributed by atoms with van der Waals surface area (Å²) in [6, 6.07) is 9.71. The second-order valence-electron chi connectivity index (χ2n) is 4.33. The van der Waals surface area contributed by atoms with E-state index in [9.17, 15) is 4.79 Å². The maximum atomic E-state index is 12.7. The van der Waals surface area contributed by atoms with E-state index in [4.69, 9.17) is 0 Å². The number of aromatic nitrogens is 6. The summed E-state index contributed by atoms with van der Waals surface area (Å²) in [4.78, 5) is 17.6. The number of hydrogen-bond acceptors (Lipinski definition) is 6. The Balaban J connectivity index is 2.03. The minimum absolute atomic E-state index is 0.196. The van der Waals surface area contributed by atoms with Crippen LogP contribution in [0.3, 0.4) is 0 Å². The van der Waals surface area contributed by atoms with Crippen LogP contribution in [-0.4, -0.2) is 30.0 Å². The van der Waals surface area contributed by atoms with Crippen molar-refractivity contribution in [2.24, 2.45) is 0 Å². The molecule has 0 fully saturated rings. The first-order chi connectivity index (χ1) is 10.3. The Kier molecular flexibility index (Phi) is 2.61. The molecule has 0 aliphatic rings. The zero-order valence-electron chi connectivity index (χ0n) is 10.6. The van der Waals surface area contributed by atoms with Crippen LogP contribution in [0.2, 0.25) is 0 Å². The molecule has 4 aromatic rings. The summed E-state index contributed by atoms with van der Waals surface area (Å²) in [6.45, 7) is 0. The zero-order valence-corrected chi connectivity index (χ0v) is 11.4. The van der Waals surface area contributed by atoms with E-state index in [-0.39, 0.29) is 5.56 Å². The molecule has 102 valence electrons. The predicted molar refractivity (Wildman–Crippen MR) is 77.9 cm³/mol. The molecule has 1 aromatic carbocycles. The maximum Gasteiger partial charge on any atom is 0.270 e. The van der Waals surface area contributed by atoms with Crippen LogP contribution in [0.4, 0.5) is 0 Å². The fourth-order valence-electron chi connectivity index (χ4n) is 2.14. The summed E-state index contributed by atoms with van der Waals surface area (Å²) >= 11 is 1.42. The molecule has 3 heterocycles. The second-order valence-corrected chi connectivity index (χ2v) is 5.17. The van der Waals surface area contributed by atoms with Crippen molar-refractivity contribution >= 4 is 16.3 Å². The Morgan fingerprint density at radius 2 is 2.05 bits per heavy atom. The molecule has 0 amide bonds. The number of aromatic amines is 1. The molecule has 0 unspecified atom stereocenters. The summed E-state index contributed by atoms with van der Waals surface area (Å²) in [5, 5.41) is 15.3. The molecular weight excluding hydrogens is 288 g/mol. The number of benzene rings is 1. The van der Waals surface area contributed by atoms with Gasteiger partial charge >= 0.3 is 0 Å². The van der Waals surface area contributed by atoms with Crippen LogP contribution < -0.4 is 5.56 Å². The van der Waals surface area contributed by atoms with E-state index in [1.54, 1.807) is 4.40 Å². The number of rotatable bonds is 2. The topological polar surface area (TPSA) is 88.8 Å². The van der Waals surface area contributed by atoms with Crippen LogP contribution >= 0.6 is 11.3 Å². The highest BCUT2D eigenvalue weighted by molar-refractivity contribution is 7.15. The summed E-state index contributed by atoms with van der Waals surface area (Å²) in [5.41, 5.74) is 1.91. The van der Waals surface area contributed by atoms with Gasteiger partial charge in [0.15, 0.2) is 10.8 Å². The zero-order chi connectivity index (χ0) is 14.2. The minimum atomic E-state index is -0.196. The van der Waals surface area contributed by atoms with Gasteiger partial charge < -0.3 is 0 Å². The highest BCUT2D eigenvalue weighted by atomic mass is 32.1. The van der Waals surface area contributed by atoms with Crippen molar-refractivity contribution in [3.8, 4) is 22.6 Å². The van der Waals surface area contributed by atoms with Crippen molar-refractivity contribution in [3.05, 3.63) is 52.3 Å². The normalized spacial score (nSPS) is 11.0. The average Bonchev–Trinajstić information content (AvgIpc) is 3.18. The van der Waals surface area contributed by atoms with E-state index in [1.165, 1.54) is 17.5 Å². The third kappa shape index (κ3) is 1.84. The number of thiazole rings is 1. The van der Waals surface area contributed by atoms with Gasteiger partial charge in [-0.3, -0.25) is 9.20 Å². The molecule has 0 spiro atoms. The molecule has 0 aliphatic heterocycles. The van der Waals surface area contributed by atoms with Crippen LogP contribution in [0.1, 0.15) is 0 Å². The summed E-state index contributed by atoms with van der Waals surface area (Å²) in [5.74, 6) is 0.312. The Morgan fingerprint density at radius 1 is 1.19 bits per heavy atom. The molecule has 8 heteroatoms. The van der Waals surface area contributed by atoms with E-state index in [2.05, 4.69) is 25.6 Å². The van der Waals surface area contributed by atoms with Gasteiger partial charge in [-0.1, -0.05) is 30.3 Å². The summed E-state index contributed by atoms with van der Waals surface area (Å²) < 4.78 is 1.58. The third-order valence-electron chi connectivity index (χ3n) is 3.12. The fourth-order valence-corrected chi connectivity index (χ4v) is 3.00. The molecule has 0 saturated carbocycles. The molecule has 0 saturated heterocycles. The second kappa shape index (κ2) is 4.60. The smallest absolute Gasteiger partial charge is 0.268 e. The lowest BCUT2D eigenvalue weighted by molar-refractivity contribution is 0.881. The van der Waals surface area contributed by atoms with Crippen molar-refractivity contribution in [1.29, 1.82) is 0 Å². The minimum Gasteiger partial charge on any atom is -0.268 e. The van der Waals surface area contributed by atoms with Crippen LogP contribution in [0, 0.1) is 0 Å². The van der Waals surface area contributed by atoms with Crippen molar-refractivity contribution in [1.82, 2.24) is 30.0 Å². The standard InChI is InChI=1S/C13H8N6OS/c20-12-9(11-15-17-18-16-11)6-14-13-19(12)10(7-21-13)8-4-2-1-3-5-8/h1-7H,(H,15,16,17,18). The molecule has 21 heavy (non-hydrogen) atoms. The van der Waals surface area contributed by atoms with Crippen LogP contribution in [0.15, 0.2) is 46.7 Å². The van der Waals surface area contributed by atoms with Gasteiger partial charge in [-0.15, -0.1) is 16.4 Å². The highest BCUT2D eigenvalue weighted by Crippen LogP contribution is 2.24. The molecule has 7 nitrogen and oxygen atoms in total. The fraction of sp³-hybridized carbons (Fsp3) is 0. The Bertz CT molecular complexity index is 957. The molecular formula is C13H8N6OS. The number of fused-ring (bicyclic) bond motifs is 1.